The van der Waals surface area contributed by atoms with Crippen molar-refractivity contribution in [3.05, 3.63) is 82.6 Å². The summed E-state index contributed by atoms with van der Waals surface area (Å²) < 4.78 is 6.19. The molecule has 0 bridgehead atoms. The van der Waals surface area contributed by atoms with Gasteiger partial charge in [0.1, 0.15) is 11.9 Å². The highest BCUT2D eigenvalue weighted by molar-refractivity contribution is 7.10. The maximum Gasteiger partial charge on any atom is 0.255 e. The molecule has 1 heterocycles. The van der Waals surface area contributed by atoms with Gasteiger partial charge in [-0.2, -0.15) is 0 Å². The Kier molecular flexibility index (Phi) is 6.41. The zero-order valence-corrected chi connectivity index (χ0v) is 15.5. The SMILES string of the molecule is CNCCC(Oc1cccc(C(=O)Nc2ccccc2)c1)c1cccs1. The maximum absolute atomic E-state index is 12.5. The van der Waals surface area contributed by atoms with Crippen molar-refractivity contribution in [3.63, 3.8) is 0 Å². The van der Waals surface area contributed by atoms with E-state index >= 15 is 0 Å². The predicted octanol–water partition coefficient (Wildman–Crippen LogP) is 4.73. The molecule has 26 heavy (non-hydrogen) atoms. The lowest BCUT2D eigenvalue weighted by Crippen LogP contribution is -2.16. The predicted molar refractivity (Wildman–Crippen MR) is 107 cm³/mol. The van der Waals surface area contributed by atoms with Crippen LogP contribution in [0.1, 0.15) is 27.8 Å². The molecule has 0 saturated carbocycles. The third-order valence-electron chi connectivity index (χ3n) is 3.92. The smallest absolute Gasteiger partial charge is 0.255 e. The second-order valence-corrected chi connectivity index (χ2v) is 6.84. The molecular weight excluding hydrogens is 344 g/mol. The average Bonchev–Trinajstić information content (AvgIpc) is 3.21. The summed E-state index contributed by atoms with van der Waals surface area (Å²) in [6.45, 7) is 0.858. The number of hydrogen-bond acceptors (Lipinski definition) is 4. The Morgan fingerprint density at radius 2 is 1.92 bits per heavy atom. The van der Waals surface area contributed by atoms with Gasteiger partial charge in [0.05, 0.1) is 0 Å². The minimum Gasteiger partial charge on any atom is -0.485 e. The fraction of sp³-hybridized carbons (Fsp3) is 0.190. The molecule has 1 atom stereocenters. The van der Waals surface area contributed by atoms with Crippen molar-refractivity contribution >= 4 is 22.9 Å². The van der Waals surface area contributed by atoms with Crippen LogP contribution in [0, 0.1) is 0 Å². The standard InChI is InChI=1S/C21H22N2O2S/c1-22-13-12-19(20-11-6-14-26-20)25-18-10-5-7-16(15-18)21(24)23-17-8-3-2-4-9-17/h2-11,14-15,19,22H,12-13H2,1H3,(H,23,24). The first kappa shape index (κ1) is 18.2. The summed E-state index contributed by atoms with van der Waals surface area (Å²) in [5, 5.41) is 8.11. The largest absolute Gasteiger partial charge is 0.485 e. The highest BCUT2D eigenvalue weighted by Crippen LogP contribution is 2.28. The molecule has 0 fully saturated rings. The van der Waals surface area contributed by atoms with Crippen LogP contribution in [0.15, 0.2) is 72.1 Å². The van der Waals surface area contributed by atoms with E-state index in [1.54, 1.807) is 23.5 Å². The number of para-hydroxylation sites is 1. The number of nitrogens with one attached hydrogen (secondary N) is 2. The minimum absolute atomic E-state index is 0.0325. The van der Waals surface area contributed by atoms with Gasteiger partial charge in [-0.05, 0) is 55.4 Å². The maximum atomic E-state index is 12.5. The fourth-order valence-corrected chi connectivity index (χ4v) is 3.40. The topological polar surface area (TPSA) is 50.4 Å². The summed E-state index contributed by atoms with van der Waals surface area (Å²) in [5.74, 6) is 0.546. The van der Waals surface area contributed by atoms with Crippen LogP contribution in [-0.2, 0) is 0 Å². The molecule has 0 aliphatic rings. The van der Waals surface area contributed by atoms with Crippen LogP contribution in [0.2, 0.25) is 0 Å². The molecular formula is C21H22N2O2S. The molecule has 0 spiro atoms. The van der Waals surface area contributed by atoms with Crippen LogP contribution < -0.4 is 15.4 Å². The first-order valence-electron chi connectivity index (χ1n) is 8.57. The van der Waals surface area contributed by atoms with E-state index in [9.17, 15) is 4.79 Å². The van der Waals surface area contributed by atoms with Gasteiger partial charge >= 0.3 is 0 Å². The van der Waals surface area contributed by atoms with Crippen LogP contribution in [0.4, 0.5) is 5.69 Å². The van der Waals surface area contributed by atoms with Gasteiger partial charge in [-0.1, -0.05) is 30.3 Å². The monoisotopic (exact) mass is 366 g/mol. The van der Waals surface area contributed by atoms with E-state index in [-0.39, 0.29) is 12.0 Å². The number of ether oxygens (including phenoxy) is 1. The molecule has 4 nitrogen and oxygen atoms in total. The molecule has 2 N–H and O–H groups in total. The third-order valence-corrected chi connectivity index (χ3v) is 4.89. The summed E-state index contributed by atoms with van der Waals surface area (Å²) in [6, 6.07) is 20.8. The number of carbonyl (C=O) groups is 1. The molecule has 0 saturated heterocycles. The average molecular weight is 366 g/mol. The summed E-state index contributed by atoms with van der Waals surface area (Å²) in [4.78, 5) is 13.7. The molecule has 1 aromatic heterocycles. The number of thiophene rings is 1. The van der Waals surface area contributed by atoms with Gasteiger partial charge in [0.2, 0.25) is 0 Å². The number of anilines is 1. The van der Waals surface area contributed by atoms with Crippen LogP contribution in [0.3, 0.4) is 0 Å². The highest BCUT2D eigenvalue weighted by atomic mass is 32.1. The van der Waals surface area contributed by atoms with E-state index in [1.807, 2.05) is 55.6 Å². The number of carbonyl (C=O) groups excluding carboxylic acids is 1. The summed E-state index contributed by atoms with van der Waals surface area (Å²) >= 11 is 1.68. The quantitative estimate of drug-likeness (QED) is 0.606. The van der Waals surface area contributed by atoms with Crippen molar-refractivity contribution in [1.82, 2.24) is 5.32 Å². The van der Waals surface area contributed by atoms with E-state index in [0.29, 0.717) is 11.3 Å². The van der Waals surface area contributed by atoms with E-state index < -0.39 is 0 Å². The Morgan fingerprint density at radius 3 is 2.65 bits per heavy atom. The first-order chi connectivity index (χ1) is 12.8. The van der Waals surface area contributed by atoms with E-state index in [0.717, 1.165) is 18.7 Å². The highest BCUT2D eigenvalue weighted by Gasteiger charge is 2.15. The van der Waals surface area contributed by atoms with Gasteiger partial charge in [-0.25, -0.2) is 0 Å². The van der Waals surface area contributed by atoms with Gasteiger partial charge in [0.15, 0.2) is 0 Å². The van der Waals surface area contributed by atoms with Crippen molar-refractivity contribution in [3.8, 4) is 5.75 Å². The van der Waals surface area contributed by atoms with Crippen LogP contribution in [0.25, 0.3) is 0 Å². The number of benzene rings is 2. The molecule has 3 rings (SSSR count). The van der Waals surface area contributed by atoms with Crippen molar-refractivity contribution < 1.29 is 9.53 Å². The van der Waals surface area contributed by atoms with Crippen LogP contribution in [-0.4, -0.2) is 19.5 Å². The molecule has 3 aromatic rings. The Balaban J connectivity index is 1.72. The number of hydrogen-bond donors (Lipinski definition) is 2. The van der Waals surface area contributed by atoms with Crippen molar-refractivity contribution in [2.75, 3.05) is 18.9 Å². The van der Waals surface area contributed by atoms with E-state index in [1.165, 1.54) is 4.88 Å². The van der Waals surface area contributed by atoms with Gasteiger partial charge in [-0.15, -0.1) is 11.3 Å². The van der Waals surface area contributed by atoms with Gasteiger partial charge in [-0.3, -0.25) is 4.79 Å². The van der Waals surface area contributed by atoms with E-state index in [2.05, 4.69) is 22.1 Å². The third kappa shape index (κ3) is 4.94. The Labute approximate surface area is 157 Å². The van der Waals surface area contributed by atoms with Gasteiger partial charge in [0.25, 0.3) is 5.91 Å². The van der Waals surface area contributed by atoms with Crippen molar-refractivity contribution in [2.24, 2.45) is 0 Å². The normalized spacial score (nSPS) is 11.7. The lowest BCUT2D eigenvalue weighted by molar-refractivity contribution is 0.102. The molecule has 1 amide bonds. The van der Waals surface area contributed by atoms with Gasteiger partial charge in [0, 0.05) is 22.5 Å². The molecule has 0 aliphatic carbocycles. The lowest BCUT2D eigenvalue weighted by atomic mass is 10.1. The summed E-state index contributed by atoms with van der Waals surface area (Å²) in [7, 11) is 1.93. The van der Waals surface area contributed by atoms with Gasteiger partial charge < -0.3 is 15.4 Å². The van der Waals surface area contributed by atoms with Crippen molar-refractivity contribution in [2.45, 2.75) is 12.5 Å². The molecule has 5 heteroatoms. The second kappa shape index (κ2) is 9.17. The first-order valence-corrected chi connectivity index (χ1v) is 9.45. The summed E-state index contributed by atoms with van der Waals surface area (Å²) in [5.41, 5.74) is 1.35. The molecule has 134 valence electrons. The lowest BCUT2D eigenvalue weighted by Gasteiger charge is -2.18. The molecule has 2 aromatic carbocycles. The number of rotatable bonds is 8. The van der Waals surface area contributed by atoms with Crippen LogP contribution >= 0.6 is 11.3 Å². The van der Waals surface area contributed by atoms with E-state index in [4.69, 9.17) is 4.74 Å². The minimum atomic E-state index is -0.149. The summed E-state index contributed by atoms with van der Waals surface area (Å²) in [6.07, 6.45) is 0.826. The number of amides is 1. The zero-order valence-electron chi connectivity index (χ0n) is 14.6. The second-order valence-electron chi connectivity index (χ2n) is 5.86. The zero-order chi connectivity index (χ0) is 18.2. The molecule has 1 unspecified atom stereocenters. The fourth-order valence-electron chi connectivity index (χ4n) is 2.61. The van der Waals surface area contributed by atoms with Crippen molar-refractivity contribution in [1.29, 1.82) is 0 Å². The Bertz CT molecular complexity index is 819. The molecule has 0 aliphatic heterocycles. The Hall–Kier alpha value is -2.63. The van der Waals surface area contributed by atoms with Crippen LogP contribution in [0.5, 0.6) is 5.75 Å². The Morgan fingerprint density at radius 1 is 1.08 bits per heavy atom. The molecule has 0 radical (unpaired) electrons.